The fourth-order valence-corrected chi connectivity index (χ4v) is 4.06. The van der Waals surface area contributed by atoms with Crippen LogP contribution in [0.5, 0.6) is 5.75 Å². The van der Waals surface area contributed by atoms with E-state index in [-0.39, 0.29) is 5.95 Å². The van der Waals surface area contributed by atoms with Crippen LogP contribution >= 0.6 is 0 Å². The third-order valence-electron chi connectivity index (χ3n) is 5.74. The van der Waals surface area contributed by atoms with Crippen molar-refractivity contribution in [3.63, 3.8) is 0 Å². The number of nitriles is 1. The molecule has 1 saturated heterocycles. The van der Waals surface area contributed by atoms with Crippen LogP contribution in [0.15, 0.2) is 66.7 Å². The van der Waals surface area contributed by atoms with E-state index in [1.54, 1.807) is 22.7 Å². The maximum Gasteiger partial charge on any atom is 0.411 e. The molecule has 4 aromatic rings. The first-order valence-corrected chi connectivity index (χ1v) is 10.9. The molecule has 9 heteroatoms. The lowest BCUT2D eigenvalue weighted by Crippen LogP contribution is -2.48. The van der Waals surface area contributed by atoms with Gasteiger partial charge in [-0.1, -0.05) is 30.3 Å². The average Bonchev–Trinajstić information content (AvgIpc) is 3.23. The number of fused-ring (bicyclic) bond motifs is 1. The Hall–Kier alpha value is -4.42. The van der Waals surface area contributed by atoms with E-state index in [4.69, 9.17) is 15.1 Å². The average molecular weight is 454 g/mol. The molecule has 2 N–H and O–H groups in total. The fraction of sp³-hybridized carbons (Fsp3) is 0.200. The summed E-state index contributed by atoms with van der Waals surface area (Å²) in [6.07, 6.45) is -1.20. The number of benzene rings is 2. The lowest BCUT2D eigenvalue weighted by atomic mass is 9.99. The number of likely N-dealkylation sites (tertiary alicyclic amines) is 1. The zero-order valence-electron chi connectivity index (χ0n) is 18.3. The predicted molar refractivity (Wildman–Crippen MR) is 125 cm³/mol. The summed E-state index contributed by atoms with van der Waals surface area (Å²) in [6, 6.07) is 23.2. The highest BCUT2D eigenvalue weighted by molar-refractivity contribution is 5.80. The molecule has 1 fully saturated rings. The minimum absolute atomic E-state index is 0.0482. The molecule has 1 aliphatic heterocycles. The number of hydrogen-bond donors (Lipinski definition) is 2. The quantitative estimate of drug-likeness (QED) is 0.435. The van der Waals surface area contributed by atoms with Crippen LogP contribution in [0.25, 0.3) is 16.9 Å². The first-order chi connectivity index (χ1) is 16.6. The van der Waals surface area contributed by atoms with Gasteiger partial charge in [0.15, 0.2) is 5.65 Å². The number of carbonyl (C=O) groups is 1. The van der Waals surface area contributed by atoms with E-state index in [9.17, 15) is 4.79 Å². The molecule has 2 aromatic heterocycles. The number of ether oxygens (including phenoxy) is 1. The largest absolute Gasteiger partial charge is 0.493 e. The van der Waals surface area contributed by atoms with Gasteiger partial charge in [-0.15, -0.1) is 5.10 Å². The zero-order chi connectivity index (χ0) is 23.5. The summed E-state index contributed by atoms with van der Waals surface area (Å²) >= 11 is 0. The number of anilines is 1. The Labute approximate surface area is 195 Å². The second-order valence-corrected chi connectivity index (χ2v) is 8.25. The highest BCUT2D eigenvalue weighted by Gasteiger charge is 2.27. The van der Waals surface area contributed by atoms with E-state index in [0.717, 1.165) is 36.6 Å². The number of aromatic nitrogens is 3. The van der Waals surface area contributed by atoms with Gasteiger partial charge in [0.2, 0.25) is 0 Å². The molecule has 3 heterocycles. The number of nitrogens with zero attached hydrogens (tertiary/aromatic N) is 5. The first kappa shape index (κ1) is 21.4. The van der Waals surface area contributed by atoms with E-state index < -0.39 is 6.09 Å². The van der Waals surface area contributed by atoms with Crippen molar-refractivity contribution < 1.29 is 14.6 Å². The molecule has 0 unspecified atom stereocenters. The SMILES string of the molecule is N#Cc1ccc(OCC2CN(Cc3ccc(-c4cccc5nc(NC(=O)O)nn45)cc3)C2)cc1. The number of hydrogen-bond acceptors (Lipinski definition) is 6. The second kappa shape index (κ2) is 9.21. The Morgan fingerprint density at radius 3 is 2.59 bits per heavy atom. The lowest BCUT2D eigenvalue weighted by Gasteiger charge is -2.39. The van der Waals surface area contributed by atoms with Gasteiger partial charge in [0, 0.05) is 31.1 Å². The summed E-state index contributed by atoms with van der Waals surface area (Å²) in [5.74, 6) is 1.34. The Balaban J connectivity index is 1.16. The minimum atomic E-state index is -1.20. The van der Waals surface area contributed by atoms with Crippen molar-refractivity contribution in [3.05, 3.63) is 77.9 Å². The van der Waals surface area contributed by atoms with E-state index in [1.165, 1.54) is 5.56 Å². The number of rotatable bonds is 7. The van der Waals surface area contributed by atoms with Crippen molar-refractivity contribution in [3.8, 4) is 23.1 Å². The van der Waals surface area contributed by atoms with Gasteiger partial charge in [-0.25, -0.2) is 9.31 Å². The number of nitrogens with one attached hydrogen (secondary N) is 1. The Morgan fingerprint density at radius 2 is 1.88 bits per heavy atom. The Kier molecular flexibility index (Phi) is 5.81. The molecule has 9 nitrogen and oxygen atoms in total. The van der Waals surface area contributed by atoms with Crippen LogP contribution in [-0.2, 0) is 6.54 Å². The van der Waals surface area contributed by atoms with Gasteiger partial charge in [0.05, 0.1) is 23.9 Å². The molecule has 2 aromatic carbocycles. The van der Waals surface area contributed by atoms with Crippen LogP contribution < -0.4 is 10.1 Å². The van der Waals surface area contributed by atoms with Crippen LogP contribution in [0.3, 0.4) is 0 Å². The maximum atomic E-state index is 10.9. The maximum absolute atomic E-state index is 10.9. The second-order valence-electron chi connectivity index (χ2n) is 8.25. The summed E-state index contributed by atoms with van der Waals surface area (Å²) in [6.45, 7) is 3.50. The van der Waals surface area contributed by atoms with Gasteiger partial charge in [0.25, 0.3) is 5.95 Å². The van der Waals surface area contributed by atoms with Gasteiger partial charge in [0.1, 0.15) is 5.75 Å². The van der Waals surface area contributed by atoms with Gasteiger partial charge in [-0.3, -0.25) is 10.2 Å². The van der Waals surface area contributed by atoms with Crippen molar-refractivity contribution in [2.75, 3.05) is 25.0 Å². The number of pyridine rings is 1. The number of carboxylic acid groups (broad SMARTS) is 1. The van der Waals surface area contributed by atoms with Crippen LogP contribution in [0.4, 0.5) is 10.7 Å². The Bertz CT molecular complexity index is 1350. The molecule has 0 aliphatic carbocycles. The molecule has 1 aliphatic rings. The third kappa shape index (κ3) is 4.67. The Morgan fingerprint density at radius 1 is 1.12 bits per heavy atom. The molecule has 0 saturated carbocycles. The molecule has 0 spiro atoms. The summed E-state index contributed by atoms with van der Waals surface area (Å²) in [4.78, 5) is 17.5. The van der Waals surface area contributed by atoms with Gasteiger partial charge >= 0.3 is 6.09 Å². The van der Waals surface area contributed by atoms with Crippen LogP contribution in [-0.4, -0.2) is 50.4 Å². The monoisotopic (exact) mass is 454 g/mol. The predicted octanol–water partition coefficient (Wildman–Crippen LogP) is 3.87. The van der Waals surface area contributed by atoms with Gasteiger partial charge in [-0.2, -0.15) is 10.2 Å². The fourth-order valence-electron chi connectivity index (χ4n) is 4.06. The van der Waals surface area contributed by atoms with E-state index in [1.807, 2.05) is 36.4 Å². The van der Waals surface area contributed by atoms with Crippen molar-refractivity contribution in [2.45, 2.75) is 6.54 Å². The molecule has 34 heavy (non-hydrogen) atoms. The summed E-state index contributed by atoms with van der Waals surface area (Å²) in [7, 11) is 0. The van der Waals surface area contributed by atoms with Crippen molar-refractivity contribution in [1.29, 1.82) is 5.26 Å². The third-order valence-corrected chi connectivity index (χ3v) is 5.74. The van der Waals surface area contributed by atoms with Crippen molar-refractivity contribution in [2.24, 2.45) is 5.92 Å². The van der Waals surface area contributed by atoms with Crippen molar-refractivity contribution >= 4 is 17.7 Å². The molecule has 170 valence electrons. The van der Waals surface area contributed by atoms with Gasteiger partial charge in [-0.05, 0) is 42.0 Å². The molecular weight excluding hydrogens is 432 g/mol. The normalized spacial score (nSPS) is 13.9. The van der Waals surface area contributed by atoms with E-state index in [0.29, 0.717) is 23.7 Å². The summed E-state index contributed by atoms with van der Waals surface area (Å²) in [5, 5.41) is 24.2. The molecule has 0 radical (unpaired) electrons. The first-order valence-electron chi connectivity index (χ1n) is 10.9. The summed E-state index contributed by atoms with van der Waals surface area (Å²) in [5.41, 5.74) is 4.22. The van der Waals surface area contributed by atoms with Gasteiger partial charge < -0.3 is 9.84 Å². The van der Waals surface area contributed by atoms with Crippen LogP contribution in [0.1, 0.15) is 11.1 Å². The minimum Gasteiger partial charge on any atom is -0.493 e. The highest BCUT2D eigenvalue weighted by Crippen LogP contribution is 2.24. The molecule has 0 bridgehead atoms. The zero-order valence-corrected chi connectivity index (χ0v) is 18.3. The summed E-state index contributed by atoms with van der Waals surface area (Å²) < 4.78 is 7.48. The lowest BCUT2D eigenvalue weighted by molar-refractivity contribution is 0.0558. The number of amides is 1. The molecular formula is C25H22N6O3. The smallest absolute Gasteiger partial charge is 0.411 e. The topological polar surface area (TPSA) is 116 Å². The van der Waals surface area contributed by atoms with Crippen LogP contribution in [0.2, 0.25) is 0 Å². The van der Waals surface area contributed by atoms with Crippen molar-refractivity contribution in [1.82, 2.24) is 19.5 Å². The standard InChI is InChI=1S/C25H22N6O3/c26-12-17-6-10-21(11-7-17)34-16-19-14-30(15-19)13-18-4-8-20(9-5-18)22-2-1-3-23-27-24(28-25(32)33)29-31(22)23/h1-11,19H,13-16H2,(H,28,29)(H,32,33). The van der Waals surface area contributed by atoms with E-state index in [2.05, 4.69) is 38.5 Å². The molecule has 5 rings (SSSR count). The molecule has 1 amide bonds. The van der Waals surface area contributed by atoms with Crippen LogP contribution in [0, 0.1) is 17.2 Å². The molecule has 0 atom stereocenters. The van der Waals surface area contributed by atoms with E-state index >= 15 is 0 Å². The highest BCUT2D eigenvalue weighted by atomic mass is 16.5.